The molecule has 0 aromatic heterocycles. The molecule has 0 unspecified atom stereocenters. The van der Waals surface area contributed by atoms with Gasteiger partial charge in [-0.25, -0.2) is 0 Å². The SMILES string of the molecule is C=CC.C=CC.O=C(O)CCC(=O)O. The Morgan fingerprint density at radius 3 is 1.21 bits per heavy atom. The molecule has 0 saturated carbocycles. The van der Waals surface area contributed by atoms with Crippen LogP contribution in [0.5, 0.6) is 0 Å². The van der Waals surface area contributed by atoms with E-state index in [1.165, 1.54) is 0 Å². The molecule has 0 bridgehead atoms. The van der Waals surface area contributed by atoms with Gasteiger partial charge in [0.1, 0.15) is 0 Å². The van der Waals surface area contributed by atoms with Crippen molar-refractivity contribution in [3.8, 4) is 0 Å². The summed E-state index contributed by atoms with van der Waals surface area (Å²) in [5, 5.41) is 15.8. The minimum Gasteiger partial charge on any atom is -0.481 e. The lowest BCUT2D eigenvalue weighted by Crippen LogP contribution is -2.00. The van der Waals surface area contributed by atoms with E-state index in [1.54, 1.807) is 12.2 Å². The molecule has 0 aliphatic heterocycles. The molecule has 0 atom stereocenters. The van der Waals surface area contributed by atoms with Gasteiger partial charge in [-0.3, -0.25) is 9.59 Å². The van der Waals surface area contributed by atoms with Crippen molar-refractivity contribution >= 4 is 11.9 Å². The quantitative estimate of drug-likeness (QED) is 0.689. The summed E-state index contributed by atoms with van der Waals surface area (Å²) in [5.74, 6) is -2.15. The highest BCUT2D eigenvalue weighted by Gasteiger charge is 2.00. The monoisotopic (exact) mass is 202 g/mol. The molecule has 0 saturated heterocycles. The molecule has 4 nitrogen and oxygen atoms in total. The maximum Gasteiger partial charge on any atom is 0.303 e. The Bertz CT molecular complexity index is 153. The summed E-state index contributed by atoms with van der Waals surface area (Å²) >= 11 is 0. The van der Waals surface area contributed by atoms with Crippen molar-refractivity contribution in [1.29, 1.82) is 0 Å². The number of hydrogen-bond acceptors (Lipinski definition) is 2. The van der Waals surface area contributed by atoms with Crippen LogP contribution in [-0.4, -0.2) is 22.2 Å². The molecule has 0 fully saturated rings. The van der Waals surface area contributed by atoms with Crippen LogP contribution in [0.3, 0.4) is 0 Å². The van der Waals surface area contributed by atoms with Gasteiger partial charge in [0.2, 0.25) is 0 Å². The number of carboxylic acid groups (broad SMARTS) is 2. The van der Waals surface area contributed by atoms with Gasteiger partial charge in [0, 0.05) is 0 Å². The lowest BCUT2D eigenvalue weighted by atomic mass is 10.3. The van der Waals surface area contributed by atoms with Crippen LogP contribution in [-0.2, 0) is 9.59 Å². The maximum atomic E-state index is 9.64. The van der Waals surface area contributed by atoms with Crippen molar-refractivity contribution in [3.63, 3.8) is 0 Å². The predicted octanol–water partition coefficient (Wildman–Crippen LogP) is 2.32. The number of hydrogen-bond donors (Lipinski definition) is 2. The summed E-state index contributed by atoms with van der Waals surface area (Å²) in [6, 6.07) is 0. The van der Waals surface area contributed by atoms with E-state index in [9.17, 15) is 9.59 Å². The van der Waals surface area contributed by atoms with Crippen LogP contribution in [0.2, 0.25) is 0 Å². The van der Waals surface area contributed by atoms with Gasteiger partial charge in [-0.2, -0.15) is 0 Å². The first-order valence-electron chi connectivity index (χ1n) is 4.03. The highest BCUT2D eigenvalue weighted by Crippen LogP contribution is 1.86. The molecule has 0 aromatic carbocycles. The minimum atomic E-state index is -1.08. The number of aliphatic carboxylic acids is 2. The van der Waals surface area contributed by atoms with Gasteiger partial charge in [0.15, 0.2) is 0 Å². The van der Waals surface area contributed by atoms with E-state index in [2.05, 4.69) is 13.2 Å². The second-order valence-corrected chi connectivity index (χ2v) is 2.10. The summed E-state index contributed by atoms with van der Waals surface area (Å²) in [7, 11) is 0. The molecule has 0 aliphatic rings. The molecule has 2 N–H and O–H groups in total. The van der Waals surface area contributed by atoms with Crippen LogP contribution >= 0.6 is 0 Å². The Labute approximate surface area is 84.6 Å². The van der Waals surface area contributed by atoms with Gasteiger partial charge >= 0.3 is 11.9 Å². The standard InChI is InChI=1S/C4H6O4.2C3H6/c5-3(6)1-2-4(7)8;2*1-3-2/h1-2H2,(H,5,6)(H,7,8);2*3H,1H2,2H3. The van der Waals surface area contributed by atoms with E-state index in [1.807, 2.05) is 13.8 Å². The fraction of sp³-hybridized carbons (Fsp3) is 0.400. The van der Waals surface area contributed by atoms with Gasteiger partial charge < -0.3 is 10.2 Å². The molecule has 0 rings (SSSR count). The third-order valence-corrected chi connectivity index (χ3v) is 0.553. The third-order valence-electron chi connectivity index (χ3n) is 0.553. The van der Waals surface area contributed by atoms with E-state index in [4.69, 9.17) is 10.2 Å². The first-order valence-corrected chi connectivity index (χ1v) is 4.03. The van der Waals surface area contributed by atoms with Crippen LogP contribution in [0.4, 0.5) is 0 Å². The summed E-state index contributed by atoms with van der Waals surface area (Å²) < 4.78 is 0. The normalized spacial score (nSPS) is 6.71. The smallest absolute Gasteiger partial charge is 0.303 e. The summed E-state index contributed by atoms with van der Waals surface area (Å²) in [5.41, 5.74) is 0. The van der Waals surface area contributed by atoms with E-state index in [0.717, 1.165) is 0 Å². The van der Waals surface area contributed by atoms with Crippen LogP contribution in [0.25, 0.3) is 0 Å². The van der Waals surface area contributed by atoms with Crippen LogP contribution in [0.1, 0.15) is 26.7 Å². The molecular formula is C10H18O4. The lowest BCUT2D eigenvalue weighted by molar-refractivity contribution is -0.143. The molecule has 82 valence electrons. The summed E-state index contributed by atoms with van der Waals surface area (Å²) in [4.78, 5) is 19.3. The van der Waals surface area contributed by atoms with Crippen LogP contribution in [0, 0.1) is 0 Å². The molecule has 14 heavy (non-hydrogen) atoms. The van der Waals surface area contributed by atoms with Gasteiger partial charge in [0.25, 0.3) is 0 Å². The minimum absolute atomic E-state index is 0.296. The van der Waals surface area contributed by atoms with Crippen LogP contribution in [0.15, 0.2) is 25.3 Å². The second-order valence-electron chi connectivity index (χ2n) is 2.10. The average molecular weight is 202 g/mol. The fourth-order valence-corrected chi connectivity index (χ4v) is 0.214. The topological polar surface area (TPSA) is 74.6 Å². The average Bonchev–Trinajstić information content (AvgIpc) is 2.04. The number of carbonyl (C=O) groups is 2. The molecule has 0 spiro atoms. The summed E-state index contributed by atoms with van der Waals surface area (Å²) in [6.07, 6.45) is 2.91. The molecule has 0 aromatic rings. The Morgan fingerprint density at radius 1 is 1.00 bits per heavy atom. The van der Waals surface area contributed by atoms with E-state index in [-0.39, 0.29) is 12.8 Å². The summed E-state index contributed by atoms with van der Waals surface area (Å²) in [6.45, 7) is 10.5. The van der Waals surface area contributed by atoms with Crippen molar-refractivity contribution < 1.29 is 19.8 Å². The Kier molecular flexibility index (Phi) is 22.8. The van der Waals surface area contributed by atoms with E-state index < -0.39 is 11.9 Å². The molecule has 0 heterocycles. The highest BCUT2D eigenvalue weighted by molar-refractivity contribution is 5.75. The third kappa shape index (κ3) is 79.1. The Morgan fingerprint density at radius 2 is 1.14 bits per heavy atom. The first-order chi connectivity index (χ1) is 6.45. The van der Waals surface area contributed by atoms with Gasteiger partial charge in [-0.1, -0.05) is 12.2 Å². The second kappa shape index (κ2) is 17.5. The zero-order valence-electron chi connectivity index (χ0n) is 8.69. The van der Waals surface area contributed by atoms with Gasteiger partial charge in [0.05, 0.1) is 12.8 Å². The maximum absolute atomic E-state index is 9.64. The Hall–Kier alpha value is -1.58. The van der Waals surface area contributed by atoms with Crippen molar-refractivity contribution in [2.24, 2.45) is 0 Å². The van der Waals surface area contributed by atoms with Gasteiger partial charge in [-0.05, 0) is 13.8 Å². The molecule has 4 heteroatoms. The van der Waals surface area contributed by atoms with E-state index in [0.29, 0.717) is 0 Å². The number of allylic oxidation sites excluding steroid dienone is 2. The molecular weight excluding hydrogens is 184 g/mol. The lowest BCUT2D eigenvalue weighted by Gasteiger charge is -1.85. The first kappa shape index (κ1) is 18.3. The molecule has 0 radical (unpaired) electrons. The predicted molar refractivity (Wildman–Crippen MR) is 56.2 cm³/mol. The fourth-order valence-electron chi connectivity index (χ4n) is 0.214. The molecule has 0 aliphatic carbocycles. The van der Waals surface area contributed by atoms with Crippen molar-refractivity contribution in [2.75, 3.05) is 0 Å². The van der Waals surface area contributed by atoms with Crippen molar-refractivity contribution in [1.82, 2.24) is 0 Å². The number of carboxylic acids is 2. The number of rotatable bonds is 3. The van der Waals surface area contributed by atoms with Crippen molar-refractivity contribution in [2.45, 2.75) is 26.7 Å². The molecule has 0 amide bonds. The highest BCUT2D eigenvalue weighted by atomic mass is 16.4. The van der Waals surface area contributed by atoms with Crippen LogP contribution < -0.4 is 0 Å². The van der Waals surface area contributed by atoms with Gasteiger partial charge in [-0.15, -0.1) is 13.2 Å². The Balaban J connectivity index is -0.000000168. The van der Waals surface area contributed by atoms with E-state index >= 15 is 0 Å². The zero-order chi connectivity index (χ0) is 12.0. The zero-order valence-corrected chi connectivity index (χ0v) is 8.69. The van der Waals surface area contributed by atoms with Crippen molar-refractivity contribution in [3.05, 3.63) is 25.3 Å². The largest absolute Gasteiger partial charge is 0.481 e.